The van der Waals surface area contributed by atoms with E-state index in [2.05, 4.69) is 20.6 Å². The average Bonchev–Trinajstić information content (AvgIpc) is 2.74. The molecule has 0 aliphatic rings. The fourth-order valence-corrected chi connectivity index (χ4v) is 2.56. The highest BCUT2D eigenvalue weighted by molar-refractivity contribution is 6.05. The molecular formula is C22H22N4O3. The molecule has 3 aromatic rings. The Morgan fingerprint density at radius 1 is 1.03 bits per heavy atom. The predicted molar refractivity (Wildman–Crippen MR) is 110 cm³/mol. The highest BCUT2D eigenvalue weighted by atomic mass is 16.5. The molecule has 0 aliphatic carbocycles. The van der Waals surface area contributed by atoms with E-state index in [9.17, 15) is 9.59 Å². The van der Waals surface area contributed by atoms with E-state index < -0.39 is 0 Å². The average molecular weight is 390 g/mol. The minimum atomic E-state index is -0.362. The molecule has 0 bridgehead atoms. The molecule has 2 heterocycles. The van der Waals surface area contributed by atoms with Crippen LogP contribution in [0.1, 0.15) is 40.3 Å². The molecule has 1 aromatic carbocycles. The topological polar surface area (TPSA) is 93.2 Å². The zero-order chi connectivity index (χ0) is 20.6. The van der Waals surface area contributed by atoms with E-state index in [0.717, 1.165) is 11.3 Å². The second-order valence-electron chi connectivity index (χ2n) is 6.62. The van der Waals surface area contributed by atoms with Crippen molar-refractivity contribution in [3.05, 3.63) is 83.9 Å². The molecule has 7 nitrogen and oxygen atoms in total. The van der Waals surface area contributed by atoms with Crippen LogP contribution in [0.2, 0.25) is 0 Å². The van der Waals surface area contributed by atoms with Crippen molar-refractivity contribution < 1.29 is 14.3 Å². The van der Waals surface area contributed by atoms with Crippen LogP contribution in [0, 0.1) is 0 Å². The molecule has 0 saturated heterocycles. The van der Waals surface area contributed by atoms with Crippen molar-refractivity contribution >= 4 is 17.5 Å². The Balaban J connectivity index is 1.62. The maximum Gasteiger partial charge on any atom is 0.270 e. The molecule has 0 aliphatic heterocycles. The molecule has 0 atom stereocenters. The molecule has 0 saturated carbocycles. The summed E-state index contributed by atoms with van der Waals surface area (Å²) in [6.07, 6.45) is 4.86. The van der Waals surface area contributed by atoms with Crippen LogP contribution >= 0.6 is 0 Å². The molecule has 3 rings (SSSR count). The third-order valence-corrected chi connectivity index (χ3v) is 3.91. The molecular weight excluding hydrogens is 368 g/mol. The standard InChI is InChI=1S/C22H22N4O3/c1-15(2)29-19-7-5-18(6-8-19)26-21(27)17-9-11-24-20(12-17)22(28)25-14-16-4-3-10-23-13-16/h3-13,15H,14H2,1-2H3,(H,25,28)(H,26,27). The number of amides is 2. The van der Waals surface area contributed by atoms with Crippen LogP contribution in [-0.4, -0.2) is 27.9 Å². The van der Waals surface area contributed by atoms with Gasteiger partial charge in [-0.1, -0.05) is 6.07 Å². The zero-order valence-corrected chi connectivity index (χ0v) is 16.3. The highest BCUT2D eigenvalue weighted by Crippen LogP contribution is 2.17. The fourth-order valence-electron chi connectivity index (χ4n) is 2.56. The van der Waals surface area contributed by atoms with E-state index in [-0.39, 0.29) is 23.6 Å². The SMILES string of the molecule is CC(C)Oc1ccc(NC(=O)c2ccnc(C(=O)NCc3cccnc3)c2)cc1. The maximum atomic E-state index is 12.5. The second kappa shape index (κ2) is 9.45. The van der Waals surface area contributed by atoms with Crippen LogP contribution in [0.3, 0.4) is 0 Å². The molecule has 29 heavy (non-hydrogen) atoms. The Kier molecular flexibility index (Phi) is 6.52. The van der Waals surface area contributed by atoms with Crippen molar-refractivity contribution in [2.45, 2.75) is 26.5 Å². The van der Waals surface area contributed by atoms with Gasteiger partial charge in [-0.2, -0.15) is 0 Å². The van der Waals surface area contributed by atoms with Gasteiger partial charge in [0.15, 0.2) is 0 Å². The first-order valence-corrected chi connectivity index (χ1v) is 9.22. The van der Waals surface area contributed by atoms with E-state index in [0.29, 0.717) is 17.8 Å². The van der Waals surface area contributed by atoms with Crippen molar-refractivity contribution in [1.82, 2.24) is 15.3 Å². The largest absolute Gasteiger partial charge is 0.491 e. The number of hydrogen-bond acceptors (Lipinski definition) is 5. The Hall–Kier alpha value is -3.74. The molecule has 0 fully saturated rings. The van der Waals surface area contributed by atoms with Gasteiger partial charge in [0.05, 0.1) is 6.10 Å². The summed E-state index contributed by atoms with van der Waals surface area (Å²) in [7, 11) is 0. The Bertz CT molecular complexity index is 973. The Morgan fingerprint density at radius 3 is 2.52 bits per heavy atom. The number of benzene rings is 1. The number of nitrogens with one attached hydrogen (secondary N) is 2. The first-order valence-electron chi connectivity index (χ1n) is 9.22. The van der Waals surface area contributed by atoms with E-state index >= 15 is 0 Å². The van der Waals surface area contributed by atoms with Crippen LogP contribution in [0.4, 0.5) is 5.69 Å². The van der Waals surface area contributed by atoms with Gasteiger partial charge in [0.1, 0.15) is 11.4 Å². The summed E-state index contributed by atoms with van der Waals surface area (Å²) in [5.74, 6) is 0.0411. The molecule has 2 N–H and O–H groups in total. The summed E-state index contributed by atoms with van der Waals surface area (Å²) in [6, 6.07) is 13.8. The molecule has 2 aromatic heterocycles. The quantitative estimate of drug-likeness (QED) is 0.645. The highest BCUT2D eigenvalue weighted by Gasteiger charge is 2.12. The van der Waals surface area contributed by atoms with Gasteiger partial charge in [-0.25, -0.2) is 0 Å². The van der Waals surface area contributed by atoms with Gasteiger partial charge in [0.2, 0.25) is 0 Å². The second-order valence-corrected chi connectivity index (χ2v) is 6.62. The summed E-state index contributed by atoms with van der Waals surface area (Å²) in [4.78, 5) is 32.9. The number of rotatable bonds is 7. The van der Waals surface area contributed by atoms with Crippen LogP contribution in [0.25, 0.3) is 0 Å². The molecule has 0 unspecified atom stereocenters. The van der Waals surface area contributed by atoms with Gasteiger partial charge >= 0.3 is 0 Å². The minimum Gasteiger partial charge on any atom is -0.491 e. The fraction of sp³-hybridized carbons (Fsp3) is 0.182. The van der Waals surface area contributed by atoms with Crippen molar-refractivity contribution in [3.8, 4) is 5.75 Å². The summed E-state index contributed by atoms with van der Waals surface area (Å²) >= 11 is 0. The third-order valence-electron chi connectivity index (χ3n) is 3.91. The van der Waals surface area contributed by atoms with Gasteiger partial charge in [-0.05, 0) is 61.9 Å². The van der Waals surface area contributed by atoms with Crippen LogP contribution in [0.15, 0.2) is 67.1 Å². The summed E-state index contributed by atoms with van der Waals surface area (Å²) in [5, 5.41) is 5.57. The van der Waals surface area contributed by atoms with Gasteiger partial charge < -0.3 is 15.4 Å². The molecule has 0 radical (unpaired) electrons. The molecule has 148 valence electrons. The number of hydrogen-bond donors (Lipinski definition) is 2. The Labute approximate surface area is 169 Å². The first-order chi connectivity index (χ1) is 14.0. The van der Waals surface area contributed by atoms with Crippen molar-refractivity contribution in [3.63, 3.8) is 0 Å². The summed E-state index contributed by atoms with van der Waals surface area (Å²) in [5.41, 5.74) is 2.02. The maximum absolute atomic E-state index is 12.5. The number of nitrogens with zero attached hydrogens (tertiary/aromatic N) is 2. The minimum absolute atomic E-state index is 0.0787. The van der Waals surface area contributed by atoms with Gasteiger partial charge in [0, 0.05) is 36.4 Å². The molecule has 2 amide bonds. The lowest BCUT2D eigenvalue weighted by molar-refractivity contribution is 0.0946. The summed E-state index contributed by atoms with van der Waals surface area (Å²) in [6.45, 7) is 4.22. The van der Waals surface area contributed by atoms with E-state index in [1.807, 2.05) is 19.9 Å². The number of carbonyl (C=O) groups is 2. The zero-order valence-electron chi connectivity index (χ0n) is 16.3. The number of ether oxygens (including phenoxy) is 1. The van der Waals surface area contributed by atoms with Crippen LogP contribution in [-0.2, 0) is 6.54 Å². The van der Waals surface area contributed by atoms with Gasteiger partial charge in [0.25, 0.3) is 11.8 Å². The number of carbonyl (C=O) groups excluding carboxylic acids is 2. The van der Waals surface area contributed by atoms with Crippen LogP contribution in [0.5, 0.6) is 5.75 Å². The predicted octanol–water partition coefficient (Wildman–Crippen LogP) is 3.45. The number of pyridine rings is 2. The van der Waals surface area contributed by atoms with Gasteiger partial charge in [-0.3, -0.25) is 19.6 Å². The van der Waals surface area contributed by atoms with Crippen LogP contribution < -0.4 is 15.4 Å². The third kappa shape index (κ3) is 5.87. The number of anilines is 1. The number of aromatic nitrogens is 2. The summed E-state index contributed by atoms with van der Waals surface area (Å²) < 4.78 is 5.59. The lowest BCUT2D eigenvalue weighted by Gasteiger charge is -2.11. The van der Waals surface area contributed by atoms with Gasteiger partial charge in [-0.15, -0.1) is 0 Å². The van der Waals surface area contributed by atoms with E-state index in [1.54, 1.807) is 48.8 Å². The monoisotopic (exact) mass is 390 g/mol. The smallest absolute Gasteiger partial charge is 0.270 e. The van der Waals surface area contributed by atoms with Crippen molar-refractivity contribution in [1.29, 1.82) is 0 Å². The van der Waals surface area contributed by atoms with Crippen molar-refractivity contribution in [2.75, 3.05) is 5.32 Å². The Morgan fingerprint density at radius 2 is 1.83 bits per heavy atom. The molecule has 7 heteroatoms. The van der Waals surface area contributed by atoms with E-state index in [4.69, 9.17) is 4.74 Å². The lowest BCUT2D eigenvalue weighted by Crippen LogP contribution is -2.24. The normalized spacial score (nSPS) is 10.4. The molecule has 0 spiro atoms. The lowest BCUT2D eigenvalue weighted by atomic mass is 10.2. The first kappa shape index (κ1) is 20.0. The van der Waals surface area contributed by atoms with E-state index in [1.165, 1.54) is 12.3 Å². The van der Waals surface area contributed by atoms with Crippen molar-refractivity contribution in [2.24, 2.45) is 0 Å².